The third-order valence-electron chi connectivity index (χ3n) is 2.23. The number of fused-ring (bicyclic) bond motifs is 1. The monoisotopic (exact) mass is 298 g/mol. The lowest BCUT2D eigenvalue weighted by molar-refractivity contribution is -0.137. The van der Waals surface area contributed by atoms with E-state index in [9.17, 15) is 14.4 Å². The van der Waals surface area contributed by atoms with E-state index in [-0.39, 0.29) is 0 Å². The van der Waals surface area contributed by atoms with E-state index in [2.05, 4.69) is 20.9 Å². The van der Waals surface area contributed by atoms with Crippen LogP contribution in [-0.4, -0.2) is 20.6 Å². The quantitative estimate of drug-likeness (QED) is 0.792. The summed E-state index contributed by atoms with van der Waals surface area (Å²) in [5.41, 5.74) is -0.926. The third kappa shape index (κ3) is 2.14. The lowest BCUT2D eigenvalue weighted by atomic mass is 10.3. The molecule has 0 fully saturated rings. The van der Waals surface area contributed by atoms with Crippen LogP contribution >= 0.6 is 15.9 Å². The van der Waals surface area contributed by atoms with Crippen molar-refractivity contribution in [1.82, 2.24) is 9.55 Å². The van der Waals surface area contributed by atoms with Gasteiger partial charge in [0, 0.05) is 4.47 Å². The van der Waals surface area contributed by atoms with Gasteiger partial charge in [0.25, 0.3) is 0 Å². The molecule has 0 radical (unpaired) electrons. The summed E-state index contributed by atoms with van der Waals surface area (Å²) in [5.74, 6) is -1.18. The van der Waals surface area contributed by atoms with Crippen molar-refractivity contribution in [1.29, 1.82) is 0 Å². The highest BCUT2D eigenvalue weighted by Gasteiger charge is 2.10. The largest absolute Gasteiger partial charge is 0.480 e. The van der Waals surface area contributed by atoms with Crippen LogP contribution in [0.15, 0.2) is 32.3 Å². The summed E-state index contributed by atoms with van der Waals surface area (Å²) >= 11 is 3.23. The number of aromatic nitrogens is 2. The van der Waals surface area contributed by atoms with E-state index in [1.807, 2.05) is 0 Å². The number of carboxylic acids is 1. The zero-order valence-electron chi connectivity index (χ0n) is 8.44. The van der Waals surface area contributed by atoms with E-state index in [1.54, 1.807) is 18.2 Å². The number of hydrogen-bond donors (Lipinski definition) is 2. The summed E-state index contributed by atoms with van der Waals surface area (Å²) in [6.07, 6.45) is 0. The molecule has 6 nitrogen and oxygen atoms in total. The number of aromatic amines is 1. The van der Waals surface area contributed by atoms with Crippen LogP contribution in [0.3, 0.4) is 0 Å². The van der Waals surface area contributed by atoms with Crippen LogP contribution in [0.25, 0.3) is 11.0 Å². The van der Waals surface area contributed by atoms with Gasteiger partial charge in [-0.05, 0) is 18.2 Å². The molecule has 17 heavy (non-hydrogen) atoms. The maximum absolute atomic E-state index is 11.5. The summed E-state index contributed by atoms with van der Waals surface area (Å²) in [7, 11) is 0. The lowest BCUT2D eigenvalue weighted by Gasteiger charge is -2.06. The van der Waals surface area contributed by atoms with Crippen LogP contribution in [-0.2, 0) is 11.3 Å². The van der Waals surface area contributed by atoms with Gasteiger partial charge in [0.2, 0.25) is 0 Å². The maximum Gasteiger partial charge on any atom is 0.323 e. The van der Waals surface area contributed by atoms with Crippen molar-refractivity contribution < 1.29 is 9.90 Å². The minimum atomic E-state index is -1.18. The molecule has 2 rings (SSSR count). The number of rotatable bonds is 2. The van der Waals surface area contributed by atoms with Crippen molar-refractivity contribution in [2.24, 2.45) is 0 Å². The number of hydrogen-bond acceptors (Lipinski definition) is 3. The number of halogens is 1. The van der Waals surface area contributed by atoms with E-state index in [1.165, 1.54) is 0 Å². The number of carboxylic acid groups (broad SMARTS) is 1. The van der Waals surface area contributed by atoms with E-state index >= 15 is 0 Å². The van der Waals surface area contributed by atoms with Gasteiger partial charge in [0.15, 0.2) is 0 Å². The molecule has 1 aromatic heterocycles. The van der Waals surface area contributed by atoms with Gasteiger partial charge in [-0.1, -0.05) is 15.9 Å². The van der Waals surface area contributed by atoms with Crippen molar-refractivity contribution in [3.8, 4) is 0 Å². The highest BCUT2D eigenvalue weighted by molar-refractivity contribution is 9.10. The maximum atomic E-state index is 11.5. The number of benzene rings is 1. The Morgan fingerprint density at radius 3 is 2.76 bits per heavy atom. The molecule has 88 valence electrons. The Morgan fingerprint density at radius 2 is 2.12 bits per heavy atom. The topological polar surface area (TPSA) is 92.2 Å². The normalized spacial score (nSPS) is 10.6. The summed E-state index contributed by atoms with van der Waals surface area (Å²) in [6.45, 7) is -0.541. The Kier molecular flexibility index (Phi) is 2.84. The summed E-state index contributed by atoms with van der Waals surface area (Å²) < 4.78 is 1.66. The van der Waals surface area contributed by atoms with Crippen molar-refractivity contribution >= 4 is 32.9 Å². The van der Waals surface area contributed by atoms with Crippen LogP contribution in [0, 0.1) is 0 Å². The molecule has 0 saturated carbocycles. The van der Waals surface area contributed by atoms with Crippen molar-refractivity contribution in [3.05, 3.63) is 43.4 Å². The van der Waals surface area contributed by atoms with Crippen LogP contribution in [0.1, 0.15) is 0 Å². The molecule has 1 aromatic carbocycles. The van der Waals surface area contributed by atoms with Crippen molar-refractivity contribution in [3.63, 3.8) is 0 Å². The van der Waals surface area contributed by atoms with Crippen molar-refractivity contribution in [2.45, 2.75) is 6.54 Å². The number of nitrogens with zero attached hydrogens (tertiary/aromatic N) is 1. The molecule has 7 heteroatoms. The fraction of sp³-hybridized carbons (Fsp3) is 0.100. The van der Waals surface area contributed by atoms with Crippen LogP contribution in [0.4, 0.5) is 0 Å². The summed E-state index contributed by atoms with van der Waals surface area (Å²) in [4.78, 5) is 36.0. The first-order chi connectivity index (χ1) is 7.99. The van der Waals surface area contributed by atoms with Gasteiger partial charge in [-0.2, -0.15) is 0 Å². The van der Waals surface area contributed by atoms with Gasteiger partial charge in [-0.3, -0.25) is 19.0 Å². The van der Waals surface area contributed by atoms with Gasteiger partial charge >= 0.3 is 17.1 Å². The van der Waals surface area contributed by atoms with Crippen LogP contribution < -0.4 is 11.1 Å². The number of nitrogens with one attached hydrogen (secondary N) is 1. The average Bonchev–Trinajstić information content (AvgIpc) is 2.24. The molecule has 1 heterocycles. The minimum Gasteiger partial charge on any atom is -0.480 e. The molecule has 2 N–H and O–H groups in total. The SMILES string of the molecule is O=C(O)Cn1c(=O)c(=O)[nH]c2cc(Br)ccc21. The Balaban J connectivity index is 2.87. The Morgan fingerprint density at radius 1 is 1.41 bits per heavy atom. The molecule has 2 aromatic rings. The Hall–Kier alpha value is -1.89. The molecular weight excluding hydrogens is 292 g/mol. The molecule has 0 aliphatic carbocycles. The number of H-pyrrole nitrogens is 1. The number of carbonyl (C=O) groups is 1. The zero-order valence-corrected chi connectivity index (χ0v) is 10.0. The summed E-state index contributed by atoms with van der Waals surface area (Å²) in [6, 6.07) is 4.84. The number of aliphatic carboxylic acids is 1. The van der Waals surface area contributed by atoms with Gasteiger partial charge in [-0.15, -0.1) is 0 Å². The zero-order chi connectivity index (χ0) is 12.6. The third-order valence-corrected chi connectivity index (χ3v) is 2.72. The average molecular weight is 299 g/mol. The molecule has 0 unspecified atom stereocenters. The van der Waals surface area contributed by atoms with Crippen LogP contribution in [0.5, 0.6) is 0 Å². The second-order valence-electron chi connectivity index (χ2n) is 3.40. The standard InChI is InChI=1S/C10H7BrN2O4/c11-5-1-2-7-6(3-5)12-9(16)10(17)13(7)4-8(14)15/h1-3H,4H2,(H,12,16)(H,14,15). The van der Waals surface area contributed by atoms with Crippen molar-refractivity contribution in [2.75, 3.05) is 0 Å². The van der Waals surface area contributed by atoms with Gasteiger partial charge in [0.1, 0.15) is 6.54 Å². The Bertz CT molecular complexity index is 716. The highest BCUT2D eigenvalue weighted by atomic mass is 79.9. The van der Waals surface area contributed by atoms with Gasteiger partial charge in [0.05, 0.1) is 11.0 Å². The fourth-order valence-electron chi connectivity index (χ4n) is 1.54. The first-order valence-corrected chi connectivity index (χ1v) is 5.42. The molecule has 0 aliphatic heterocycles. The van der Waals surface area contributed by atoms with Gasteiger partial charge < -0.3 is 10.1 Å². The lowest BCUT2D eigenvalue weighted by Crippen LogP contribution is -2.37. The smallest absolute Gasteiger partial charge is 0.323 e. The molecule has 0 spiro atoms. The molecular formula is C10H7BrN2O4. The van der Waals surface area contributed by atoms with E-state index in [4.69, 9.17) is 5.11 Å². The summed E-state index contributed by atoms with van der Waals surface area (Å²) in [5, 5.41) is 8.72. The molecule has 0 amide bonds. The second kappa shape index (κ2) is 4.17. The first kappa shape index (κ1) is 11.6. The molecule has 0 atom stereocenters. The Labute approximate surface area is 103 Å². The van der Waals surface area contributed by atoms with E-state index in [0.29, 0.717) is 11.0 Å². The minimum absolute atomic E-state index is 0.375. The first-order valence-electron chi connectivity index (χ1n) is 4.63. The molecule has 0 saturated heterocycles. The van der Waals surface area contributed by atoms with E-state index in [0.717, 1.165) is 9.04 Å². The molecule has 0 bridgehead atoms. The predicted molar refractivity (Wildman–Crippen MR) is 64.2 cm³/mol. The predicted octanol–water partition coefficient (Wildman–Crippen LogP) is 0.537. The van der Waals surface area contributed by atoms with E-state index < -0.39 is 23.6 Å². The van der Waals surface area contributed by atoms with Crippen LogP contribution in [0.2, 0.25) is 0 Å². The molecule has 0 aliphatic rings. The second-order valence-corrected chi connectivity index (χ2v) is 4.32. The van der Waals surface area contributed by atoms with Gasteiger partial charge in [-0.25, -0.2) is 0 Å². The fourth-order valence-corrected chi connectivity index (χ4v) is 1.90. The highest BCUT2D eigenvalue weighted by Crippen LogP contribution is 2.15.